The Morgan fingerprint density at radius 2 is 1.89 bits per heavy atom. The van der Waals surface area contributed by atoms with E-state index in [1.54, 1.807) is 0 Å². The van der Waals surface area contributed by atoms with Gasteiger partial charge in [-0.3, -0.25) is 10.4 Å². The molecule has 0 aromatic carbocycles. The highest BCUT2D eigenvalue weighted by Crippen LogP contribution is 2.38. The van der Waals surface area contributed by atoms with Crippen LogP contribution < -0.4 is 5.43 Å². The molecule has 1 N–H and O–H groups in total. The lowest BCUT2D eigenvalue weighted by atomic mass is 9.76. The van der Waals surface area contributed by atoms with Crippen LogP contribution in [0.25, 0.3) is 0 Å². The van der Waals surface area contributed by atoms with E-state index in [9.17, 15) is 0 Å². The average Bonchev–Trinajstić information content (AvgIpc) is 2.80. The Bertz CT molecular complexity index is 440. The predicted molar refractivity (Wildman–Crippen MR) is 71.6 cm³/mol. The van der Waals surface area contributed by atoms with Crippen molar-refractivity contribution in [2.45, 2.75) is 45.1 Å². The monoisotopic (exact) mass is 247 g/mol. The molecule has 3 rings (SSSR count). The maximum absolute atomic E-state index is 6.01. The predicted octanol–water partition coefficient (Wildman–Crippen LogP) is 1.16. The van der Waals surface area contributed by atoms with E-state index < -0.39 is 0 Å². The standard InChI is InChI=1S/C12H18BN3O2/c1-11(2)12(3,4)18-13(17-11)9-5-8-6-15-16-10(8)14-7-9/h5-8,10,16H,1-4H3. The van der Waals surface area contributed by atoms with E-state index >= 15 is 0 Å². The SMILES string of the molecule is CC1(C)OB(C2=CC3C=NNC3N=C2)OC1(C)C. The summed E-state index contributed by atoms with van der Waals surface area (Å²) < 4.78 is 12.0. The maximum Gasteiger partial charge on any atom is 0.496 e. The molecule has 18 heavy (non-hydrogen) atoms. The minimum absolute atomic E-state index is 0.0381. The number of rotatable bonds is 1. The van der Waals surface area contributed by atoms with Gasteiger partial charge in [0.1, 0.15) is 6.17 Å². The van der Waals surface area contributed by atoms with Gasteiger partial charge < -0.3 is 9.31 Å². The number of nitrogens with one attached hydrogen (secondary N) is 1. The van der Waals surface area contributed by atoms with Crippen molar-refractivity contribution in [1.29, 1.82) is 0 Å². The lowest BCUT2D eigenvalue weighted by molar-refractivity contribution is 0.00578. The van der Waals surface area contributed by atoms with E-state index in [1.165, 1.54) is 0 Å². The van der Waals surface area contributed by atoms with Gasteiger partial charge in [0.2, 0.25) is 0 Å². The molecule has 3 aliphatic rings. The van der Waals surface area contributed by atoms with Crippen LogP contribution in [-0.4, -0.2) is 36.9 Å². The minimum atomic E-state index is -0.339. The smallest absolute Gasteiger partial charge is 0.399 e. The van der Waals surface area contributed by atoms with Crippen molar-refractivity contribution >= 4 is 19.5 Å². The first-order valence-corrected chi connectivity index (χ1v) is 6.28. The Morgan fingerprint density at radius 3 is 2.56 bits per heavy atom. The second-order valence-corrected chi connectivity index (χ2v) is 5.96. The zero-order chi connectivity index (χ0) is 13.0. The fourth-order valence-electron chi connectivity index (χ4n) is 2.19. The van der Waals surface area contributed by atoms with Crippen LogP contribution in [0.15, 0.2) is 21.6 Å². The van der Waals surface area contributed by atoms with Gasteiger partial charge in [-0.25, -0.2) is 0 Å². The molecule has 3 heterocycles. The van der Waals surface area contributed by atoms with E-state index in [0.29, 0.717) is 0 Å². The Kier molecular flexibility index (Phi) is 2.44. The van der Waals surface area contributed by atoms with E-state index in [-0.39, 0.29) is 30.4 Å². The van der Waals surface area contributed by atoms with Gasteiger partial charge in [-0.15, -0.1) is 0 Å². The Morgan fingerprint density at radius 1 is 1.22 bits per heavy atom. The van der Waals surface area contributed by atoms with Crippen molar-refractivity contribution in [1.82, 2.24) is 5.43 Å². The van der Waals surface area contributed by atoms with Gasteiger partial charge in [-0.1, -0.05) is 6.08 Å². The van der Waals surface area contributed by atoms with Gasteiger partial charge >= 0.3 is 7.12 Å². The van der Waals surface area contributed by atoms with Gasteiger partial charge in [0.05, 0.1) is 17.1 Å². The van der Waals surface area contributed by atoms with Gasteiger partial charge in [-0.2, -0.15) is 5.10 Å². The third-order valence-electron chi connectivity index (χ3n) is 4.11. The second kappa shape index (κ2) is 3.68. The molecule has 2 atom stereocenters. The van der Waals surface area contributed by atoms with Crippen LogP contribution in [0, 0.1) is 5.92 Å². The number of fused-ring (bicyclic) bond motifs is 1. The molecule has 0 amide bonds. The van der Waals surface area contributed by atoms with Crippen molar-refractivity contribution in [3.8, 4) is 0 Å². The number of hydrogen-bond donors (Lipinski definition) is 1. The van der Waals surface area contributed by atoms with E-state index in [0.717, 1.165) is 5.47 Å². The van der Waals surface area contributed by atoms with Crippen LogP contribution in [-0.2, 0) is 9.31 Å². The zero-order valence-corrected chi connectivity index (χ0v) is 11.2. The molecule has 0 bridgehead atoms. The quantitative estimate of drug-likeness (QED) is 0.707. The van der Waals surface area contributed by atoms with Crippen LogP contribution >= 0.6 is 0 Å². The molecule has 6 heteroatoms. The molecule has 3 aliphatic heterocycles. The first kappa shape index (κ1) is 11.9. The summed E-state index contributed by atoms with van der Waals surface area (Å²) in [5.74, 6) is 0.198. The van der Waals surface area contributed by atoms with Gasteiger partial charge in [0, 0.05) is 12.4 Å². The summed E-state index contributed by atoms with van der Waals surface area (Å²) in [7, 11) is -0.339. The molecule has 2 unspecified atom stereocenters. The summed E-state index contributed by atoms with van der Waals surface area (Å²) in [4.78, 5) is 4.42. The lowest BCUT2D eigenvalue weighted by Crippen LogP contribution is -2.41. The highest BCUT2D eigenvalue weighted by Gasteiger charge is 2.52. The largest absolute Gasteiger partial charge is 0.496 e. The summed E-state index contributed by atoms with van der Waals surface area (Å²) in [5.41, 5.74) is 3.30. The number of aliphatic imine (C=N–C) groups is 1. The summed E-state index contributed by atoms with van der Waals surface area (Å²) >= 11 is 0. The molecule has 0 aliphatic carbocycles. The van der Waals surface area contributed by atoms with Crippen molar-refractivity contribution in [2.24, 2.45) is 16.0 Å². The number of allylic oxidation sites excluding steroid dienone is 1. The summed E-state index contributed by atoms with van der Waals surface area (Å²) in [6, 6.07) is 0. The molecular formula is C12H18BN3O2. The third-order valence-corrected chi connectivity index (χ3v) is 4.11. The van der Waals surface area contributed by atoms with E-state index in [4.69, 9.17) is 9.31 Å². The molecule has 0 radical (unpaired) electrons. The number of dihydropyridines is 1. The van der Waals surface area contributed by atoms with E-state index in [1.807, 2.05) is 12.4 Å². The summed E-state index contributed by atoms with van der Waals surface area (Å²) in [6.07, 6.45) is 5.84. The van der Waals surface area contributed by atoms with Crippen molar-refractivity contribution in [3.05, 3.63) is 11.5 Å². The lowest BCUT2D eigenvalue weighted by Gasteiger charge is -2.32. The van der Waals surface area contributed by atoms with Crippen LogP contribution in [0.4, 0.5) is 0 Å². The zero-order valence-electron chi connectivity index (χ0n) is 11.2. The number of hydrogen-bond acceptors (Lipinski definition) is 5. The van der Waals surface area contributed by atoms with Crippen LogP contribution in [0.5, 0.6) is 0 Å². The van der Waals surface area contributed by atoms with Gasteiger partial charge in [0.15, 0.2) is 0 Å². The minimum Gasteiger partial charge on any atom is -0.399 e. The van der Waals surface area contributed by atoms with Crippen molar-refractivity contribution in [3.63, 3.8) is 0 Å². The fourth-order valence-corrected chi connectivity index (χ4v) is 2.19. The highest BCUT2D eigenvalue weighted by atomic mass is 16.7. The molecule has 0 spiro atoms. The van der Waals surface area contributed by atoms with Gasteiger partial charge in [0.25, 0.3) is 0 Å². The molecule has 0 aromatic heterocycles. The highest BCUT2D eigenvalue weighted by molar-refractivity contribution is 6.60. The molecule has 0 saturated carbocycles. The molecule has 96 valence electrons. The summed E-state index contributed by atoms with van der Waals surface area (Å²) in [5, 5.41) is 4.03. The maximum atomic E-state index is 6.01. The Balaban J connectivity index is 1.82. The van der Waals surface area contributed by atoms with Crippen molar-refractivity contribution in [2.75, 3.05) is 0 Å². The Labute approximate surface area is 107 Å². The Hall–Kier alpha value is -1.14. The van der Waals surface area contributed by atoms with Crippen molar-refractivity contribution < 1.29 is 9.31 Å². The first-order valence-electron chi connectivity index (χ1n) is 6.28. The van der Waals surface area contributed by atoms with Crippen LogP contribution in [0.2, 0.25) is 0 Å². The van der Waals surface area contributed by atoms with E-state index in [2.05, 4.69) is 49.3 Å². The molecular weight excluding hydrogens is 229 g/mol. The van der Waals surface area contributed by atoms with Crippen LogP contribution in [0.1, 0.15) is 27.7 Å². The van der Waals surface area contributed by atoms with Crippen LogP contribution in [0.3, 0.4) is 0 Å². The number of hydrazone groups is 1. The van der Waals surface area contributed by atoms with Gasteiger partial charge in [-0.05, 0) is 33.2 Å². The second-order valence-electron chi connectivity index (χ2n) is 5.96. The molecule has 1 saturated heterocycles. The normalized spacial score (nSPS) is 35.3. The average molecular weight is 247 g/mol. The third kappa shape index (κ3) is 1.71. The molecule has 1 fully saturated rings. The topological polar surface area (TPSA) is 55.2 Å². The summed E-state index contributed by atoms with van der Waals surface area (Å²) in [6.45, 7) is 8.20. The number of nitrogens with zero attached hydrogens (tertiary/aromatic N) is 2. The molecule has 0 aromatic rings. The molecule has 5 nitrogen and oxygen atoms in total. The first-order chi connectivity index (χ1) is 8.39. The fraction of sp³-hybridized carbons (Fsp3) is 0.667.